The highest BCUT2D eigenvalue weighted by Crippen LogP contribution is 2.50. The average molecular weight is 416 g/mol. The summed E-state index contributed by atoms with van der Waals surface area (Å²) in [7, 11) is 0. The van der Waals surface area contributed by atoms with Crippen molar-refractivity contribution in [2.24, 2.45) is 0 Å². The maximum Gasteiger partial charge on any atom is 0.318 e. The zero-order chi connectivity index (χ0) is 18.0. The molecule has 0 saturated carbocycles. The highest BCUT2D eigenvalue weighted by Gasteiger charge is 2.32. The van der Waals surface area contributed by atoms with Crippen LogP contribution in [0.15, 0.2) is 40.5 Å². The van der Waals surface area contributed by atoms with Crippen molar-refractivity contribution >= 4 is 63.4 Å². The summed E-state index contributed by atoms with van der Waals surface area (Å²) in [5.41, 5.74) is 1.66. The maximum atomic E-state index is 11.6. The molecule has 5 nitrogen and oxygen atoms in total. The number of piperazine rings is 1. The highest BCUT2D eigenvalue weighted by molar-refractivity contribution is 8.04. The SMILES string of the molecule is C=CSc1sc(Cl)c(N2CCN(c3cccc(Cl)c3)CC2)c1[N+](=O)[O-]. The summed E-state index contributed by atoms with van der Waals surface area (Å²) in [5.74, 6) is 0. The van der Waals surface area contributed by atoms with E-state index < -0.39 is 0 Å². The van der Waals surface area contributed by atoms with Gasteiger partial charge in [-0.2, -0.15) is 0 Å². The molecule has 1 aliphatic rings. The monoisotopic (exact) mass is 415 g/mol. The second-order valence-electron chi connectivity index (χ2n) is 5.36. The number of thioether (sulfide) groups is 1. The molecule has 0 spiro atoms. The molecule has 0 N–H and O–H groups in total. The molecule has 0 amide bonds. The van der Waals surface area contributed by atoms with Crippen LogP contribution in [0.2, 0.25) is 9.36 Å². The number of anilines is 2. The van der Waals surface area contributed by atoms with Gasteiger partial charge in [-0.05, 0) is 23.6 Å². The summed E-state index contributed by atoms with van der Waals surface area (Å²) in [6.45, 7) is 6.43. The predicted octanol–water partition coefficient (Wildman–Crippen LogP) is 5.53. The van der Waals surface area contributed by atoms with Gasteiger partial charge in [0.05, 0.1) is 4.92 Å². The van der Waals surface area contributed by atoms with Crippen LogP contribution in [0.4, 0.5) is 17.1 Å². The molecule has 0 radical (unpaired) electrons. The Morgan fingerprint density at radius 1 is 1.24 bits per heavy atom. The van der Waals surface area contributed by atoms with E-state index in [0.717, 1.165) is 18.8 Å². The highest BCUT2D eigenvalue weighted by atomic mass is 35.5. The van der Waals surface area contributed by atoms with Crippen molar-refractivity contribution in [3.05, 3.63) is 55.7 Å². The van der Waals surface area contributed by atoms with Gasteiger partial charge in [0.1, 0.15) is 14.2 Å². The van der Waals surface area contributed by atoms with Crippen LogP contribution in [-0.2, 0) is 0 Å². The van der Waals surface area contributed by atoms with E-state index in [-0.39, 0.29) is 10.6 Å². The van der Waals surface area contributed by atoms with Gasteiger partial charge < -0.3 is 9.80 Å². The van der Waals surface area contributed by atoms with E-state index in [2.05, 4.69) is 11.5 Å². The molecule has 2 aromatic rings. The molecule has 132 valence electrons. The molecule has 1 fully saturated rings. The summed E-state index contributed by atoms with van der Waals surface area (Å²) in [5, 5.41) is 13.8. The molecule has 25 heavy (non-hydrogen) atoms. The third-order valence-electron chi connectivity index (χ3n) is 3.93. The van der Waals surface area contributed by atoms with Gasteiger partial charge in [0.2, 0.25) is 0 Å². The van der Waals surface area contributed by atoms with Gasteiger partial charge in [0, 0.05) is 36.9 Å². The normalized spacial score (nSPS) is 14.6. The number of hydrogen-bond acceptors (Lipinski definition) is 6. The summed E-state index contributed by atoms with van der Waals surface area (Å²) in [6.07, 6.45) is 0. The fraction of sp³-hybridized carbons (Fsp3) is 0.250. The van der Waals surface area contributed by atoms with Gasteiger partial charge in [0.15, 0.2) is 0 Å². The number of rotatable bonds is 5. The maximum absolute atomic E-state index is 11.6. The Labute approximate surface area is 164 Å². The van der Waals surface area contributed by atoms with Crippen LogP contribution in [0.1, 0.15) is 0 Å². The molecule has 9 heteroatoms. The van der Waals surface area contributed by atoms with Gasteiger partial charge >= 0.3 is 5.69 Å². The van der Waals surface area contributed by atoms with E-state index in [4.69, 9.17) is 23.2 Å². The molecule has 1 aliphatic heterocycles. The minimum absolute atomic E-state index is 0.0797. The van der Waals surface area contributed by atoms with Gasteiger partial charge in [0.25, 0.3) is 0 Å². The fourth-order valence-corrected chi connectivity index (χ4v) is 5.42. The van der Waals surface area contributed by atoms with Crippen LogP contribution in [0.3, 0.4) is 0 Å². The predicted molar refractivity (Wildman–Crippen MR) is 108 cm³/mol. The van der Waals surface area contributed by atoms with Gasteiger partial charge in [-0.25, -0.2) is 0 Å². The average Bonchev–Trinajstić information content (AvgIpc) is 2.91. The lowest BCUT2D eigenvalue weighted by Crippen LogP contribution is -2.46. The quantitative estimate of drug-likeness (QED) is 0.365. The van der Waals surface area contributed by atoms with Gasteiger partial charge in [-0.3, -0.25) is 10.1 Å². The Morgan fingerprint density at radius 2 is 1.92 bits per heavy atom. The van der Waals surface area contributed by atoms with Crippen LogP contribution in [0, 0.1) is 10.1 Å². The number of nitro groups is 1. The van der Waals surface area contributed by atoms with Gasteiger partial charge in [-0.15, -0.1) is 11.3 Å². The molecule has 0 atom stereocenters. The first-order valence-electron chi connectivity index (χ1n) is 7.51. The molecule has 3 rings (SSSR count). The zero-order valence-corrected chi connectivity index (χ0v) is 16.3. The van der Waals surface area contributed by atoms with E-state index in [1.807, 2.05) is 29.2 Å². The minimum atomic E-state index is -0.354. The third-order valence-corrected chi connectivity index (χ3v) is 6.44. The molecule has 2 heterocycles. The largest absolute Gasteiger partial charge is 0.368 e. The molecular formula is C16H15Cl2N3O2S2. The zero-order valence-electron chi connectivity index (χ0n) is 13.2. The number of nitrogens with zero attached hydrogens (tertiary/aromatic N) is 3. The second-order valence-corrected chi connectivity index (χ2v) is 8.65. The van der Waals surface area contributed by atoms with Crippen LogP contribution >= 0.6 is 46.3 Å². The first-order chi connectivity index (χ1) is 12.0. The van der Waals surface area contributed by atoms with Crippen molar-refractivity contribution in [1.29, 1.82) is 0 Å². The Balaban J connectivity index is 1.81. The van der Waals surface area contributed by atoms with E-state index in [0.29, 0.717) is 32.3 Å². The van der Waals surface area contributed by atoms with E-state index in [1.165, 1.54) is 23.1 Å². The molecular weight excluding hydrogens is 401 g/mol. The van der Waals surface area contributed by atoms with Crippen LogP contribution in [0.25, 0.3) is 0 Å². The lowest BCUT2D eigenvalue weighted by molar-refractivity contribution is -0.386. The minimum Gasteiger partial charge on any atom is -0.368 e. The number of halogens is 2. The van der Waals surface area contributed by atoms with E-state index >= 15 is 0 Å². The molecule has 0 bridgehead atoms. The van der Waals surface area contributed by atoms with Crippen molar-refractivity contribution in [1.82, 2.24) is 0 Å². The first-order valence-corrected chi connectivity index (χ1v) is 9.96. The van der Waals surface area contributed by atoms with E-state index in [1.54, 1.807) is 5.41 Å². The van der Waals surface area contributed by atoms with Crippen LogP contribution in [0.5, 0.6) is 0 Å². The molecule has 0 unspecified atom stereocenters. The lowest BCUT2D eigenvalue weighted by atomic mass is 10.2. The molecule has 1 aromatic heterocycles. The number of thiophene rings is 1. The summed E-state index contributed by atoms with van der Waals surface area (Å²) in [4.78, 5) is 15.4. The standard InChI is InChI=1S/C16H15Cl2N3O2S2/c1-2-24-16-14(21(22)23)13(15(18)25-16)20-8-6-19(7-9-20)12-5-3-4-11(17)10-12/h2-5,10H,1,6-9H2. The Hall–Kier alpha value is -1.41. The number of benzene rings is 1. The van der Waals surface area contributed by atoms with Crippen molar-refractivity contribution < 1.29 is 4.92 Å². The molecule has 1 saturated heterocycles. The Morgan fingerprint density at radius 3 is 2.52 bits per heavy atom. The third kappa shape index (κ3) is 3.89. The van der Waals surface area contributed by atoms with Crippen molar-refractivity contribution in [2.75, 3.05) is 36.0 Å². The smallest absolute Gasteiger partial charge is 0.318 e. The Bertz CT molecular complexity index is 805. The van der Waals surface area contributed by atoms with Gasteiger partial charge in [-0.1, -0.05) is 47.6 Å². The van der Waals surface area contributed by atoms with Crippen LogP contribution < -0.4 is 9.80 Å². The van der Waals surface area contributed by atoms with Crippen molar-refractivity contribution in [3.63, 3.8) is 0 Å². The molecule has 1 aromatic carbocycles. The topological polar surface area (TPSA) is 49.6 Å². The van der Waals surface area contributed by atoms with Crippen LogP contribution in [-0.4, -0.2) is 31.1 Å². The van der Waals surface area contributed by atoms with E-state index in [9.17, 15) is 10.1 Å². The second kappa shape index (κ2) is 7.86. The fourth-order valence-electron chi connectivity index (χ4n) is 2.82. The van der Waals surface area contributed by atoms with Crippen molar-refractivity contribution in [3.8, 4) is 0 Å². The summed E-state index contributed by atoms with van der Waals surface area (Å²) in [6, 6.07) is 7.70. The summed E-state index contributed by atoms with van der Waals surface area (Å²) < 4.78 is 1.02. The van der Waals surface area contributed by atoms with Crippen molar-refractivity contribution in [2.45, 2.75) is 4.21 Å². The number of hydrogen-bond donors (Lipinski definition) is 0. The first kappa shape index (κ1) is 18.4. The lowest BCUT2D eigenvalue weighted by Gasteiger charge is -2.36. The summed E-state index contributed by atoms with van der Waals surface area (Å²) >= 11 is 14.9. The Kier molecular flexibility index (Phi) is 5.78. The molecule has 0 aliphatic carbocycles.